The number of hydrogen-bond acceptors (Lipinski definition) is 3. The van der Waals surface area contributed by atoms with Gasteiger partial charge in [0.15, 0.2) is 0 Å². The van der Waals surface area contributed by atoms with Crippen molar-refractivity contribution in [1.82, 2.24) is 9.88 Å². The minimum absolute atomic E-state index is 0.0462. The Kier molecular flexibility index (Phi) is 3.94. The van der Waals surface area contributed by atoms with Crippen LogP contribution < -0.4 is 5.73 Å². The first kappa shape index (κ1) is 14.1. The number of hydrogen-bond donors (Lipinski definition) is 2. The number of likely N-dealkylation sites (tertiary alicyclic amines) is 1. The van der Waals surface area contributed by atoms with Crippen LogP contribution in [0.25, 0.3) is 10.9 Å². The van der Waals surface area contributed by atoms with Gasteiger partial charge in [0.1, 0.15) is 0 Å². The highest BCUT2D eigenvalue weighted by molar-refractivity contribution is 6.06. The average Bonchev–Trinajstić information content (AvgIpc) is 2.97. The van der Waals surface area contributed by atoms with E-state index >= 15 is 0 Å². The summed E-state index contributed by atoms with van der Waals surface area (Å²) >= 11 is 0. The second-order valence-electron chi connectivity index (χ2n) is 5.52. The molecule has 1 amide bonds. The number of ether oxygens (including phenoxy) is 1. The van der Waals surface area contributed by atoms with Crippen LogP contribution in [-0.2, 0) is 4.74 Å². The van der Waals surface area contributed by atoms with Gasteiger partial charge >= 0.3 is 0 Å². The predicted molar refractivity (Wildman–Crippen MR) is 82.2 cm³/mol. The number of nitrogens with two attached hydrogens (primary N) is 1. The van der Waals surface area contributed by atoms with Crippen molar-refractivity contribution in [3.8, 4) is 0 Å². The molecule has 0 radical (unpaired) electrons. The van der Waals surface area contributed by atoms with Crippen LogP contribution in [0, 0.1) is 0 Å². The zero-order valence-corrected chi connectivity index (χ0v) is 12.2. The van der Waals surface area contributed by atoms with Crippen molar-refractivity contribution < 1.29 is 9.53 Å². The Morgan fingerprint density at radius 3 is 3.05 bits per heavy atom. The van der Waals surface area contributed by atoms with Gasteiger partial charge in [0.2, 0.25) is 0 Å². The molecule has 1 aliphatic rings. The van der Waals surface area contributed by atoms with E-state index in [1.807, 2.05) is 29.2 Å². The van der Waals surface area contributed by atoms with E-state index in [-0.39, 0.29) is 18.1 Å². The van der Waals surface area contributed by atoms with Crippen molar-refractivity contribution in [3.63, 3.8) is 0 Å². The lowest BCUT2D eigenvalue weighted by atomic mass is 9.98. The number of amides is 1. The molecule has 0 bridgehead atoms. The number of para-hydroxylation sites is 1. The van der Waals surface area contributed by atoms with Gasteiger partial charge < -0.3 is 20.4 Å². The number of rotatable bonds is 3. The average molecular weight is 287 g/mol. The van der Waals surface area contributed by atoms with E-state index < -0.39 is 0 Å². The Balaban J connectivity index is 1.87. The third-order valence-corrected chi connectivity index (χ3v) is 4.35. The summed E-state index contributed by atoms with van der Waals surface area (Å²) in [6.45, 7) is 1.16. The molecule has 2 heterocycles. The Bertz CT molecular complexity index is 637. The van der Waals surface area contributed by atoms with Crippen molar-refractivity contribution in [1.29, 1.82) is 0 Å². The molecule has 2 unspecified atom stereocenters. The van der Waals surface area contributed by atoms with Crippen LogP contribution >= 0.6 is 0 Å². The van der Waals surface area contributed by atoms with Crippen LogP contribution in [0.3, 0.4) is 0 Å². The van der Waals surface area contributed by atoms with Crippen molar-refractivity contribution in [2.75, 3.05) is 20.2 Å². The molecule has 3 rings (SSSR count). The molecule has 21 heavy (non-hydrogen) atoms. The first-order valence-electron chi connectivity index (χ1n) is 7.34. The molecule has 1 aliphatic heterocycles. The number of nitrogens with one attached hydrogen (secondary N) is 1. The Hall–Kier alpha value is -1.85. The van der Waals surface area contributed by atoms with Crippen LogP contribution in [0.4, 0.5) is 0 Å². The molecule has 3 N–H and O–H groups in total. The predicted octanol–water partition coefficient (Wildman–Crippen LogP) is 1.75. The lowest BCUT2D eigenvalue weighted by molar-refractivity contribution is 0.0140. The molecule has 0 saturated carbocycles. The number of aromatic nitrogens is 1. The molecule has 2 atom stereocenters. The summed E-state index contributed by atoms with van der Waals surface area (Å²) in [5.74, 6) is 0.0532. The molecular weight excluding hydrogens is 266 g/mol. The Morgan fingerprint density at radius 1 is 1.48 bits per heavy atom. The normalized spacial score (nSPS) is 22.7. The van der Waals surface area contributed by atoms with Gasteiger partial charge in [0.05, 0.1) is 11.7 Å². The van der Waals surface area contributed by atoms with Crippen LogP contribution in [0.15, 0.2) is 30.5 Å². The number of carbonyl (C=O) groups is 1. The molecule has 1 aromatic heterocycles. The molecule has 0 spiro atoms. The molecule has 0 aliphatic carbocycles. The minimum Gasteiger partial charge on any atom is -0.381 e. The van der Waals surface area contributed by atoms with Gasteiger partial charge in [-0.1, -0.05) is 18.2 Å². The van der Waals surface area contributed by atoms with Gasteiger partial charge in [-0.3, -0.25) is 4.79 Å². The van der Waals surface area contributed by atoms with E-state index in [1.165, 1.54) is 0 Å². The van der Waals surface area contributed by atoms with Gasteiger partial charge in [0.25, 0.3) is 5.91 Å². The highest BCUT2D eigenvalue weighted by Gasteiger charge is 2.32. The van der Waals surface area contributed by atoms with Crippen LogP contribution in [0.5, 0.6) is 0 Å². The molecule has 1 fully saturated rings. The highest BCUT2D eigenvalue weighted by atomic mass is 16.5. The number of carbonyl (C=O) groups excluding carboxylic acids is 1. The van der Waals surface area contributed by atoms with Gasteiger partial charge in [-0.15, -0.1) is 0 Å². The largest absolute Gasteiger partial charge is 0.381 e. The molecule has 5 nitrogen and oxygen atoms in total. The maximum atomic E-state index is 12.8. The maximum Gasteiger partial charge on any atom is 0.256 e. The lowest BCUT2D eigenvalue weighted by Crippen LogP contribution is -2.51. The zero-order valence-electron chi connectivity index (χ0n) is 12.2. The summed E-state index contributed by atoms with van der Waals surface area (Å²) in [7, 11) is 1.72. The molecule has 2 aromatic rings. The standard InChI is InChI=1S/C16H21N3O2/c1-21-12-6-7-19(11(8-12)9-17)16(20)14-10-18-15-5-3-2-4-13(14)15/h2-5,10-12,18H,6-9,17H2,1H3. The molecule has 5 heteroatoms. The van der Waals surface area contributed by atoms with E-state index in [9.17, 15) is 4.79 Å². The summed E-state index contributed by atoms with van der Waals surface area (Å²) in [6.07, 6.45) is 3.66. The maximum absolute atomic E-state index is 12.8. The van der Waals surface area contributed by atoms with Crippen molar-refractivity contribution in [2.45, 2.75) is 25.0 Å². The third-order valence-electron chi connectivity index (χ3n) is 4.35. The molecule has 1 aromatic carbocycles. The van der Waals surface area contributed by atoms with E-state index in [4.69, 9.17) is 10.5 Å². The van der Waals surface area contributed by atoms with Crippen molar-refractivity contribution in [2.24, 2.45) is 5.73 Å². The van der Waals surface area contributed by atoms with Crippen LogP contribution in [0.1, 0.15) is 23.2 Å². The van der Waals surface area contributed by atoms with E-state index in [0.29, 0.717) is 13.1 Å². The number of aromatic amines is 1. The Morgan fingerprint density at radius 2 is 2.29 bits per heavy atom. The fourth-order valence-corrected chi connectivity index (χ4v) is 3.12. The number of piperidine rings is 1. The second kappa shape index (κ2) is 5.87. The van der Waals surface area contributed by atoms with Crippen LogP contribution in [0.2, 0.25) is 0 Å². The highest BCUT2D eigenvalue weighted by Crippen LogP contribution is 2.24. The number of methoxy groups -OCH3 is 1. The number of fused-ring (bicyclic) bond motifs is 1. The van der Waals surface area contributed by atoms with E-state index in [2.05, 4.69) is 4.98 Å². The second-order valence-corrected chi connectivity index (χ2v) is 5.52. The fourth-order valence-electron chi connectivity index (χ4n) is 3.12. The molecule has 112 valence electrons. The Labute approximate surface area is 124 Å². The van der Waals surface area contributed by atoms with Gasteiger partial charge in [-0.05, 0) is 18.9 Å². The van der Waals surface area contributed by atoms with E-state index in [1.54, 1.807) is 13.3 Å². The summed E-state index contributed by atoms with van der Waals surface area (Å²) in [5, 5.41) is 0.965. The van der Waals surface area contributed by atoms with Gasteiger partial charge in [-0.2, -0.15) is 0 Å². The smallest absolute Gasteiger partial charge is 0.256 e. The first-order chi connectivity index (χ1) is 10.2. The molecular formula is C16H21N3O2. The first-order valence-corrected chi connectivity index (χ1v) is 7.34. The van der Waals surface area contributed by atoms with Crippen molar-refractivity contribution in [3.05, 3.63) is 36.0 Å². The van der Waals surface area contributed by atoms with E-state index in [0.717, 1.165) is 29.3 Å². The number of H-pyrrole nitrogens is 1. The third kappa shape index (κ3) is 2.54. The lowest BCUT2D eigenvalue weighted by Gasteiger charge is -2.38. The number of nitrogens with zero attached hydrogens (tertiary/aromatic N) is 1. The zero-order chi connectivity index (χ0) is 14.8. The number of benzene rings is 1. The topological polar surface area (TPSA) is 71.3 Å². The minimum atomic E-state index is 0.0462. The SMILES string of the molecule is COC1CCN(C(=O)c2c[nH]c3ccccc23)C(CN)C1. The summed E-state index contributed by atoms with van der Waals surface area (Å²) in [6, 6.07) is 7.90. The van der Waals surface area contributed by atoms with Crippen molar-refractivity contribution >= 4 is 16.8 Å². The van der Waals surface area contributed by atoms with Gasteiger partial charge in [-0.25, -0.2) is 0 Å². The summed E-state index contributed by atoms with van der Waals surface area (Å²) in [5.41, 5.74) is 7.56. The van der Waals surface area contributed by atoms with Gasteiger partial charge in [0, 0.05) is 43.3 Å². The fraction of sp³-hybridized carbons (Fsp3) is 0.438. The quantitative estimate of drug-likeness (QED) is 0.903. The summed E-state index contributed by atoms with van der Waals surface area (Å²) in [4.78, 5) is 17.9. The molecule has 1 saturated heterocycles. The summed E-state index contributed by atoms with van der Waals surface area (Å²) < 4.78 is 5.41. The van der Waals surface area contributed by atoms with Crippen LogP contribution in [-0.4, -0.2) is 48.1 Å². The monoisotopic (exact) mass is 287 g/mol.